The number of likely N-dealkylation sites (tertiary alicyclic amines) is 1. The van der Waals surface area contributed by atoms with E-state index < -0.39 is 0 Å². The average molecular weight is 376 g/mol. The van der Waals surface area contributed by atoms with Crippen molar-refractivity contribution < 1.29 is 9.59 Å². The summed E-state index contributed by atoms with van der Waals surface area (Å²) in [5, 5.41) is 0. The van der Waals surface area contributed by atoms with Gasteiger partial charge in [-0.25, -0.2) is 0 Å². The number of benzene rings is 1. The molecule has 2 aliphatic heterocycles. The Hall–Kier alpha value is -1.53. The molecule has 0 aromatic heterocycles. The average Bonchev–Trinajstić information content (AvgIpc) is 2.67. The maximum absolute atomic E-state index is 12.7. The van der Waals surface area contributed by atoms with Crippen molar-refractivity contribution in [3.8, 4) is 0 Å². The quantitative estimate of drug-likeness (QED) is 0.756. The normalized spacial score (nSPS) is 19.6. The highest BCUT2D eigenvalue weighted by Gasteiger charge is 2.31. The summed E-state index contributed by atoms with van der Waals surface area (Å²) >= 11 is 1.59. The van der Waals surface area contributed by atoms with Crippen LogP contribution in [-0.2, 0) is 9.59 Å². The summed E-state index contributed by atoms with van der Waals surface area (Å²) in [6, 6.07) is 8.27. The van der Waals surface area contributed by atoms with Crippen molar-refractivity contribution in [2.45, 2.75) is 24.7 Å². The molecule has 0 bridgehead atoms. The molecule has 2 saturated heterocycles. The Labute approximate surface area is 160 Å². The van der Waals surface area contributed by atoms with Gasteiger partial charge in [-0.05, 0) is 38.9 Å². The summed E-state index contributed by atoms with van der Waals surface area (Å²) in [6.45, 7) is 7.06. The predicted octanol–water partition coefficient (Wildman–Crippen LogP) is 2.10. The van der Waals surface area contributed by atoms with Crippen molar-refractivity contribution in [2.24, 2.45) is 5.92 Å². The molecule has 2 aliphatic rings. The van der Waals surface area contributed by atoms with Gasteiger partial charge in [-0.3, -0.25) is 9.59 Å². The zero-order valence-electron chi connectivity index (χ0n) is 15.8. The van der Waals surface area contributed by atoms with Gasteiger partial charge in [0.1, 0.15) is 0 Å². The Kier molecular flexibility index (Phi) is 6.59. The fraction of sp³-hybridized carbons (Fsp3) is 0.600. The van der Waals surface area contributed by atoms with E-state index in [2.05, 4.69) is 43.1 Å². The molecule has 0 spiro atoms. The molecule has 0 unspecified atom stereocenters. The van der Waals surface area contributed by atoms with Gasteiger partial charge in [-0.1, -0.05) is 17.7 Å². The van der Waals surface area contributed by atoms with Crippen molar-refractivity contribution in [3.05, 3.63) is 29.8 Å². The largest absolute Gasteiger partial charge is 0.342 e. The van der Waals surface area contributed by atoms with Crippen LogP contribution in [-0.4, -0.2) is 78.6 Å². The van der Waals surface area contributed by atoms with E-state index in [4.69, 9.17) is 0 Å². The number of amides is 2. The molecule has 0 aliphatic carbocycles. The highest BCUT2D eigenvalue weighted by atomic mass is 32.2. The van der Waals surface area contributed by atoms with Gasteiger partial charge in [-0.2, -0.15) is 0 Å². The summed E-state index contributed by atoms with van der Waals surface area (Å²) in [5.41, 5.74) is 1.23. The molecule has 3 rings (SSSR count). The van der Waals surface area contributed by atoms with Crippen LogP contribution in [0.3, 0.4) is 0 Å². The molecule has 0 atom stereocenters. The molecule has 5 nitrogen and oxygen atoms in total. The van der Waals surface area contributed by atoms with E-state index in [0.29, 0.717) is 24.7 Å². The van der Waals surface area contributed by atoms with Crippen LogP contribution < -0.4 is 0 Å². The van der Waals surface area contributed by atoms with Crippen molar-refractivity contribution in [2.75, 3.05) is 52.1 Å². The first-order chi connectivity index (χ1) is 12.5. The smallest absolute Gasteiger partial charge is 0.232 e. The van der Waals surface area contributed by atoms with Crippen LogP contribution in [0.1, 0.15) is 18.4 Å². The van der Waals surface area contributed by atoms with E-state index in [1.54, 1.807) is 11.8 Å². The van der Waals surface area contributed by atoms with Gasteiger partial charge in [0.25, 0.3) is 0 Å². The van der Waals surface area contributed by atoms with Crippen LogP contribution in [0.5, 0.6) is 0 Å². The van der Waals surface area contributed by atoms with Crippen LogP contribution >= 0.6 is 11.8 Å². The second kappa shape index (κ2) is 8.91. The van der Waals surface area contributed by atoms with Gasteiger partial charge in [-0.15, -0.1) is 11.8 Å². The van der Waals surface area contributed by atoms with Crippen molar-refractivity contribution in [3.63, 3.8) is 0 Å². The third-order valence-electron chi connectivity index (χ3n) is 5.40. The third-order valence-corrected chi connectivity index (χ3v) is 6.39. The number of piperidine rings is 1. The summed E-state index contributed by atoms with van der Waals surface area (Å²) in [4.78, 5) is 32.5. The highest BCUT2D eigenvalue weighted by molar-refractivity contribution is 8.00. The number of piperazine rings is 1. The second-order valence-electron chi connectivity index (χ2n) is 7.39. The summed E-state index contributed by atoms with van der Waals surface area (Å²) in [7, 11) is 2.10. The molecule has 2 fully saturated rings. The zero-order chi connectivity index (χ0) is 18.5. The lowest BCUT2D eigenvalue weighted by Crippen LogP contribution is -2.51. The number of nitrogens with zero attached hydrogens (tertiary/aromatic N) is 3. The van der Waals surface area contributed by atoms with Gasteiger partial charge in [0.2, 0.25) is 11.8 Å². The Morgan fingerprint density at radius 3 is 2.19 bits per heavy atom. The molecule has 2 amide bonds. The number of thioether (sulfide) groups is 1. The van der Waals surface area contributed by atoms with Crippen LogP contribution in [0.15, 0.2) is 29.2 Å². The second-order valence-corrected chi connectivity index (χ2v) is 8.43. The summed E-state index contributed by atoms with van der Waals surface area (Å²) in [6.07, 6.45) is 1.60. The van der Waals surface area contributed by atoms with Gasteiger partial charge in [0, 0.05) is 50.1 Å². The monoisotopic (exact) mass is 375 g/mol. The van der Waals surface area contributed by atoms with Crippen LogP contribution in [0.4, 0.5) is 0 Å². The van der Waals surface area contributed by atoms with E-state index in [1.807, 2.05) is 9.80 Å². The fourth-order valence-corrected chi connectivity index (χ4v) is 4.33. The van der Waals surface area contributed by atoms with Crippen LogP contribution in [0.25, 0.3) is 0 Å². The molecule has 1 aromatic carbocycles. The molecule has 142 valence electrons. The lowest BCUT2D eigenvalue weighted by atomic mass is 9.95. The van der Waals surface area contributed by atoms with Gasteiger partial charge >= 0.3 is 0 Å². The van der Waals surface area contributed by atoms with Crippen molar-refractivity contribution in [1.29, 1.82) is 0 Å². The molecule has 26 heavy (non-hydrogen) atoms. The Morgan fingerprint density at radius 1 is 0.962 bits per heavy atom. The van der Waals surface area contributed by atoms with E-state index >= 15 is 0 Å². The van der Waals surface area contributed by atoms with Gasteiger partial charge in [0.05, 0.1) is 5.75 Å². The Morgan fingerprint density at radius 2 is 1.58 bits per heavy atom. The zero-order valence-corrected chi connectivity index (χ0v) is 16.6. The van der Waals surface area contributed by atoms with Gasteiger partial charge in [0.15, 0.2) is 0 Å². The molecule has 1 aromatic rings. The number of carbonyl (C=O) groups is 2. The summed E-state index contributed by atoms with van der Waals surface area (Å²) < 4.78 is 0. The summed E-state index contributed by atoms with van der Waals surface area (Å²) in [5.74, 6) is 1.03. The third kappa shape index (κ3) is 5.01. The SMILES string of the molecule is Cc1ccc(SCC(=O)N2CCC(C(=O)N3CCN(C)CC3)CC2)cc1. The van der Waals surface area contributed by atoms with Crippen molar-refractivity contribution >= 4 is 23.6 Å². The fourth-order valence-electron chi connectivity index (χ4n) is 3.53. The number of aryl methyl sites for hydroxylation is 1. The number of hydrogen-bond acceptors (Lipinski definition) is 4. The minimum atomic E-state index is 0.0900. The number of carbonyl (C=O) groups excluding carboxylic acids is 2. The molecular weight excluding hydrogens is 346 g/mol. The number of likely N-dealkylation sites (N-methyl/N-ethyl adjacent to an activating group) is 1. The molecular formula is C20H29N3O2S. The van der Waals surface area contributed by atoms with E-state index in [1.165, 1.54) is 5.56 Å². The first-order valence-corrected chi connectivity index (χ1v) is 10.5. The van der Waals surface area contributed by atoms with E-state index in [0.717, 1.165) is 43.9 Å². The number of rotatable bonds is 4. The minimum Gasteiger partial charge on any atom is -0.342 e. The molecule has 0 N–H and O–H groups in total. The Balaban J connectivity index is 1.42. The molecule has 0 saturated carbocycles. The standard InChI is InChI=1S/C20H29N3O2S/c1-16-3-5-18(6-4-16)26-15-19(24)22-9-7-17(8-10-22)20(25)23-13-11-21(2)12-14-23/h3-6,17H,7-15H2,1-2H3. The predicted molar refractivity (Wildman–Crippen MR) is 105 cm³/mol. The van der Waals surface area contributed by atoms with Crippen LogP contribution in [0, 0.1) is 12.8 Å². The van der Waals surface area contributed by atoms with Crippen molar-refractivity contribution in [1.82, 2.24) is 14.7 Å². The molecule has 2 heterocycles. The maximum atomic E-state index is 12.7. The van der Waals surface area contributed by atoms with Crippen LogP contribution in [0.2, 0.25) is 0 Å². The Bertz CT molecular complexity index is 618. The lowest BCUT2D eigenvalue weighted by molar-refractivity contribution is -0.141. The highest BCUT2D eigenvalue weighted by Crippen LogP contribution is 2.23. The number of hydrogen-bond donors (Lipinski definition) is 0. The topological polar surface area (TPSA) is 43.9 Å². The maximum Gasteiger partial charge on any atom is 0.232 e. The first-order valence-electron chi connectivity index (χ1n) is 9.47. The van der Waals surface area contributed by atoms with E-state index in [-0.39, 0.29) is 11.8 Å². The first kappa shape index (κ1) is 19.2. The minimum absolute atomic E-state index is 0.0900. The molecule has 6 heteroatoms. The molecule has 0 radical (unpaired) electrons. The van der Waals surface area contributed by atoms with Gasteiger partial charge < -0.3 is 14.7 Å². The van der Waals surface area contributed by atoms with E-state index in [9.17, 15) is 9.59 Å². The lowest BCUT2D eigenvalue weighted by Gasteiger charge is -2.37.